The fourth-order valence-corrected chi connectivity index (χ4v) is 8.65. The van der Waals surface area contributed by atoms with Crippen molar-refractivity contribution in [2.75, 3.05) is 0 Å². The average Bonchev–Trinajstić information content (AvgIpc) is 3.57. The normalized spacial score (nSPS) is 14.6. The van der Waals surface area contributed by atoms with Crippen LogP contribution in [-0.2, 0) is 5.41 Å². The zero-order valence-electron chi connectivity index (χ0n) is 21.6. The van der Waals surface area contributed by atoms with Gasteiger partial charge in [-0.25, -0.2) is 0 Å². The molecule has 0 amide bonds. The van der Waals surface area contributed by atoms with Crippen LogP contribution in [0.5, 0.6) is 0 Å². The third-order valence-corrected chi connectivity index (χ3v) is 10.5. The number of hydrogen-bond acceptors (Lipinski definition) is 2. The fourth-order valence-electron chi connectivity index (χ4n) is 7.56. The van der Waals surface area contributed by atoms with Crippen LogP contribution in [0.15, 0.2) is 101 Å². The van der Waals surface area contributed by atoms with Crippen LogP contribution in [0.4, 0.5) is 0 Å². The maximum absolute atomic E-state index is 6.45. The van der Waals surface area contributed by atoms with Crippen molar-refractivity contribution < 1.29 is 4.42 Å². The summed E-state index contributed by atoms with van der Waals surface area (Å²) >= 11 is 1.88. The Balaban J connectivity index is 1.38. The molecule has 0 radical (unpaired) electrons. The lowest BCUT2D eigenvalue weighted by molar-refractivity contribution is 0.661. The summed E-state index contributed by atoms with van der Waals surface area (Å²) in [5, 5.41) is 7.83. The minimum atomic E-state index is -0.0971. The first kappa shape index (κ1) is 20.5. The zero-order valence-corrected chi connectivity index (χ0v) is 22.4. The second-order valence-electron chi connectivity index (χ2n) is 11.7. The molecule has 6 aromatic carbocycles. The van der Waals surface area contributed by atoms with Gasteiger partial charge in [-0.2, -0.15) is 0 Å². The molecule has 0 atom stereocenters. The number of thiophene rings is 1. The van der Waals surface area contributed by atoms with Crippen molar-refractivity contribution in [2.45, 2.75) is 19.3 Å². The Hall–Kier alpha value is -4.40. The van der Waals surface area contributed by atoms with Crippen LogP contribution in [0, 0.1) is 0 Å². The van der Waals surface area contributed by atoms with Gasteiger partial charge >= 0.3 is 0 Å². The van der Waals surface area contributed by atoms with E-state index in [4.69, 9.17) is 4.42 Å². The lowest BCUT2D eigenvalue weighted by atomic mass is 9.80. The van der Waals surface area contributed by atoms with E-state index in [0.717, 1.165) is 11.2 Å². The molecule has 2 aliphatic rings. The molecule has 0 N–H and O–H groups in total. The molecule has 0 unspecified atom stereocenters. The van der Waals surface area contributed by atoms with Crippen molar-refractivity contribution in [3.05, 3.63) is 108 Å². The predicted octanol–water partition coefficient (Wildman–Crippen LogP) is 11.1. The zero-order chi connectivity index (χ0) is 25.6. The lowest BCUT2D eigenvalue weighted by Gasteiger charge is -2.23. The highest BCUT2D eigenvalue weighted by molar-refractivity contribution is 7.25. The van der Waals surface area contributed by atoms with Gasteiger partial charge in [-0.15, -0.1) is 11.3 Å². The monoisotopic (exact) mass is 514 g/mol. The van der Waals surface area contributed by atoms with E-state index in [1.165, 1.54) is 86.2 Å². The number of benzene rings is 6. The fraction of sp³-hybridized carbons (Fsp3) is 0.0811. The van der Waals surface area contributed by atoms with Crippen molar-refractivity contribution in [3.8, 4) is 33.4 Å². The van der Waals surface area contributed by atoms with E-state index < -0.39 is 0 Å². The van der Waals surface area contributed by atoms with Gasteiger partial charge < -0.3 is 4.42 Å². The van der Waals surface area contributed by atoms with Crippen molar-refractivity contribution in [2.24, 2.45) is 0 Å². The molecule has 2 heterocycles. The number of fused-ring (bicyclic) bond motifs is 4. The Labute approximate surface area is 228 Å². The molecular weight excluding hydrogens is 492 g/mol. The first-order chi connectivity index (χ1) is 19.1. The van der Waals surface area contributed by atoms with Gasteiger partial charge in [0.2, 0.25) is 0 Å². The molecule has 1 nitrogen and oxygen atoms in total. The van der Waals surface area contributed by atoms with Gasteiger partial charge in [0, 0.05) is 41.7 Å². The summed E-state index contributed by atoms with van der Waals surface area (Å²) in [6.07, 6.45) is 0. The van der Waals surface area contributed by atoms with Crippen LogP contribution in [0.2, 0.25) is 0 Å². The molecule has 8 aromatic rings. The Kier molecular flexibility index (Phi) is 3.47. The average molecular weight is 515 g/mol. The van der Waals surface area contributed by atoms with Gasteiger partial charge in [0.15, 0.2) is 0 Å². The Morgan fingerprint density at radius 2 is 1.41 bits per heavy atom. The van der Waals surface area contributed by atoms with Crippen molar-refractivity contribution >= 4 is 64.2 Å². The van der Waals surface area contributed by atoms with Crippen LogP contribution in [0.25, 0.3) is 86.3 Å². The van der Waals surface area contributed by atoms with E-state index in [2.05, 4.69) is 111 Å². The molecule has 0 spiro atoms. The van der Waals surface area contributed by atoms with Gasteiger partial charge in [0.25, 0.3) is 0 Å². The summed E-state index contributed by atoms with van der Waals surface area (Å²) in [5.41, 5.74) is 12.6. The van der Waals surface area contributed by atoms with Crippen molar-refractivity contribution in [1.29, 1.82) is 0 Å². The first-order valence-corrected chi connectivity index (χ1v) is 14.4. The number of rotatable bonds is 1. The molecule has 0 fully saturated rings. The predicted molar refractivity (Wildman–Crippen MR) is 166 cm³/mol. The second-order valence-corrected chi connectivity index (χ2v) is 12.8. The summed E-state index contributed by atoms with van der Waals surface area (Å²) in [7, 11) is 0. The Morgan fingerprint density at radius 3 is 2.36 bits per heavy atom. The largest absolute Gasteiger partial charge is 0.456 e. The van der Waals surface area contributed by atoms with E-state index in [1.807, 2.05) is 11.3 Å². The van der Waals surface area contributed by atoms with E-state index in [-0.39, 0.29) is 5.41 Å². The molecule has 0 saturated carbocycles. The molecular formula is C37H22OS. The second kappa shape index (κ2) is 6.59. The smallest absolute Gasteiger partial charge is 0.136 e. The van der Waals surface area contributed by atoms with Crippen LogP contribution in [0.1, 0.15) is 25.0 Å². The van der Waals surface area contributed by atoms with Crippen LogP contribution in [0.3, 0.4) is 0 Å². The van der Waals surface area contributed by atoms with Crippen LogP contribution < -0.4 is 0 Å². The highest BCUT2D eigenvalue weighted by Gasteiger charge is 2.40. The summed E-state index contributed by atoms with van der Waals surface area (Å²) < 4.78 is 9.14. The van der Waals surface area contributed by atoms with Gasteiger partial charge in [-0.1, -0.05) is 68.4 Å². The van der Waals surface area contributed by atoms with E-state index >= 15 is 0 Å². The topological polar surface area (TPSA) is 13.1 Å². The minimum absolute atomic E-state index is 0.0971. The Bertz CT molecular complexity index is 2410. The quantitative estimate of drug-likeness (QED) is 0.212. The molecule has 0 bridgehead atoms. The van der Waals surface area contributed by atoms with Crippen LogP contribution >= 0.6 is 11.3 Å². The maximum Gasteiger partial charge on any atom is 0.136 e. The van der Waals surface area contributed by atoms with E-state index in [0.29, 0.717) is 0 Å². The summed E-state index contributed by atoms with van der Waals surface area (Å²) in [6.45, 7) is 4.79. The molecule has 2 heteroatoms. The van der Waals surface area contributed by atoms with Gasteiger partial charge in [0.05, 0.1) is 0 Å². The summed E-state index contributed by atoms with van der Waals surface area (Å²) in [5.74, 6) is 0. The van der Waals surface area contributed by atoms with E-state index in [1.54, 1.807) is 0 Å². The molecule has 2 aliphatic carbocycles. The standard InChI is InChI=1S/C37H22OS/c1-37(2)26-13-10-19-11-14-29-36-32(19)35(26)33-25(23-7-5-8-28(38-29)34(23)36)17-21(18-27(33)37)20-12-15-31-24(16-20)22-6-3-4-9-30(22)39-31/h3-18H,1-2H3. The van der Waals surface area contributed by atoms with Gasteiger partial charge in [-0.3, -0.25) is 0 Å². The van der Waals surface area contributed by atoms with Crippen molar-refractivity contribution in [1.82, 2.24) is 0 Å². The van der Waals surface area contributed by atoms with Gasteiger partial charge in [0.1, 0.15) is 11.2 Å². The highest BCUT2D eigenvalue weighted by Crippen LogP contribution is 2.59. The SMILES string of the molecule is CC1(C)c2cc(-c3ccc4sc5ccccc5c4c3)cc3c2-c2c1ccc1ccc4oc5cccc-3c5c4c21. The lowest BCUT2D eigenvalue weighted by Crippen LogP contribution is -2.15. The summed E-state index contributed by atoms with van der Waals surface area (Å²) in [6, 6.07) is 36.3. The number of hydrogen-bond donors (Lipinski definition) is 0. The molecule has 0 aliphatic heterocycles. The van der Waals surface area contributed by atoms with Crippen LogP contribution in [-0.4, -0.2) is 0 Å². The third kappa shape index (κ3) is 2.35. The van der Waals surface area contributed by atoms with E-state index in [9.17, 15) is 0 Å². The number of furan rings is 1. The molecule has 10 rings (SSSR count). The first-order valence-electron chi connectivity index (χ1n) is 13.6. The third-order valence-electron chi connectivity index (χ3n) is 9.38. The van der Waals surface area contributed by atoms with Gasteiger partial charge in [-0.05, 0) is 92.4 Å². The Morgan fingerprint density at radius 1 is 0.564 bits per heavy atom. The maximum atomic E-state index is 6.45. The minimum Gasteiger partial charge on any atom is -0.456 e. The highest BCUT2D eigenvalue weighted by atomic mass is 32.1. The molecule has 182 valence electrons. The summed E-state index contributed by atoms with van der Waals surface area (Å²) in [4.78, 5) is 0. The molecule has 2 aromatic heterocycles. The molecule has 39 heavy (non-hydrogen) atoms. The molecule has 0 saturated heterocycles. The van der Waals surface area contributed by atoms with Crippen molar-refractivity contribution in [3.63, 3.8) is 0 Å².